The van der Waals surface area contributed by atoms with Gasteiger partial charge in [-0.05, 0) is 24.6 Å². The van der Waals surface area contributed by atoms with Gasteiger partial charge in [0.2, 0.25) is 0 Å². The number of carboxylic acid groups (broad SMARTS) is 1. The highest BCUT2D eigenvalue weighted by Crippen LogP contribution is 2.24. The summed E-state index contributed by atoms with van der Waals surface area (Å²) in [5.74, 6) is -0.423. The van der Waals surface area contributed by atoms with Crippen molar-refractivity contribution in [3.05, 3.63) is 23.8 Å². The molecular weight excluding hydrogens is 182 g/mol. The first-order valence-electron chi connectivity index (χ1n) is 4.26. The van der Waals surface area contributed by atoms with Gasteiger partial charge in [-0.2, -0.15) is 0 Å². The fraction of sp³-hybridized carbons (Fsp3) is 0.300. The van der Waals surface area contributed by atoms with E-state index in [-0.39, 0.29) is 6.61 Å². The van der Waals surface area contributed by atoms with Crippen molar-refractivity contribution in [1.29, 1.82) is 0 Å². The molecule has 76 valence electrons. The van der Waals surface area contributed by atoms with E-state index in [4.69, 9.17) is 9.84 Å². The van der Waals surface area contributed by atoms with Crippen molar-refractivity contribution >= 4 is 11.7 Å². The van der Waals surface area contributed by atoms with Gasteiger partial charge in [0.15, 0.2) is 6.61 Å². The number of hydrogen-bond acceptors (Lipinski definition) is 3. The van der Waals surface area contributed by atoms with Crippen LogP contribution in [0, 0.1) is 6.92 Å². The van der Waals surface area contributed by atoms with Crippen LogP contribution in [-0.2, 0) is 4.79 Å². The maximum atomic E-state index is 10.3. The summed E-state index contributed by atoms with van der Waals surface area (Å²) in [6.07, 6.45) is 0. The monoisotopic (exact) mass is 195 g/mol. The standard InChI is InChI=1S/C10H13NO3/c1-7-3-4-9(8(5-7)11-2)14-6-10(12)13/h3-5,11H,6H2,1-2H3,(H,12,13). The van der Waals surface area contributed by atoms with E-state index in [1.54, 1.807) is 13.1 Å². The van der Waals surface area contributed by atoms with Crippen LogP contribution in [0.1, 0.15) is 5.56 Å². The van der Waals surface area contributed by atoms with Crippen molar-refractivity contribution in [3.8, 4) is 5.75 Å². The van der Waals surface area contributed by atoms with E-state index in [1.165, 1.54) is 0 Å². The van der Waals surface area contributed by atoms with Crippen molar-refractivity contribution < 1.29 is 14.6 Å². The number of carboxylic acids is 1. The van der Waals surface area contributed by atoms with Crippen LogP contribution in [0.15, 0.2) is 18.2 Å². The molecule has 0 radical (unpaired) electrons. The van der Waals surface area contributed by atoms with Crippen LogP contribution in [0.4, 0.5) is 5.69 Å². The van der Waals surface area contributed by atoms with Gasteiger partial charge in [0.25, 0.3) is 0 Å². The summed E-state index contributed by atoms with van der Waals surface area (Å²) in [5, 5.41) is 11.4. The highest BCUT2D eigenvalue weighted by atomic mass is 16.5. The molecule has 0 bridgehead atoms. The second-order valence-electron chi connectivity index (χ2n) is 2.93. The Balaban J connectivity index is 2.80. The summed E-state index contributed by atoms with van der Waals surface area (Å²) < 4.78 is 5.08. The SMILES string of the molecule is CNc1cc(C)ccc1OCC(=O)O. The summed E-state index contributed by atoms with van der Waals surface area (Å²) in [6.45, 7) is 1.64. The summed E-state index contributed by atoms with van der Waals surface area (Å²) >= 11 is 0. The van der Waals surface area contributed by atoms with E-state index < -0.39 is 5.97 Å². The number of ether oxygens (including phenoxy) is 1. The zero-order valence-corrected chi connectivity index (χ0v) is 8.20. The molecule has 4 nitrogen and oxygen atoms in total. The maximum absolute atomic E-state index is 10.3. The molecule has 0 unspecified atom stereocenters. The van der Waals surface area contributed by atoms with Crippen molar-refractivity contribution in [2.75, 3.05) is 19.0 Å². The molecular formula is C10H13NO3. The van der Waals surface area contributed by atoms with E-state index in [9.17, 15) is 4.79 Å². The highest BCUT2D eigenvalue weighted by Gasteiger charge is 2.04. The van der Waals surface area contributed by atoms with E-state index >= 15 is 0 Å². The average molecular weight is 195 g/mol. The summed E-state index contributed by atoms with van der Waals surface area (Å²) in [4.78, 5) is 10.3. The van der Waals surface area contributed by atoms with Crippen molar-refractivity contribution in [3.63, 3.8) is 0 Å². The number of carbonyl (C=O) groups is 1. The molecule has 0 atom stereocenters. The topological polar surface area (TPSA) is 58.6 Å². The Labute approximate surface area is 82.5 Å². The third kappa shape index (κ3) is 2.65. The van der Waals surface area contributed by atoms with Gasteiger partial charge in [-0.3, -0.25) is 0 Å². The number of aliphatic carboxylic acids is 1. The lowest BCUT2D eigenvalue weighted by atomic mass is 10.2. The predicted molar refractivity (Wildman–Crippen MR) is 53.9 cm³/mol. The van der Waals surface area contributed by atoms with Crippen molar-refractivity contribution in [2.45, 2.75) is 6.92 Å². The fourth-order valence-corrected chi connectivity index (χ4v) is 1.10. The van der Waals surface area contributed by atoms with Gasteiger partial charge in [0.1, 0.15) is 5.75 Å². The van der Waals surface area contributed by atoms with Gasteiger partial charge in [0.05, 0.1) is 5.69 Å². The van der Waals surface area contributed by atoms with Crippen LogP contribution in [0.2, 0.25) is 0 Å². The van der Waals surface area contributed by atoms with Crippen LogP contribution in [0.3, 0.4) is 0 Å². The molecule has 0 fully saturated rings. The lowest BCUT2D eigenvalue weighted by molar-refractivity contribution is -0.139. The fourth-order valence-electron chi connectivity index (χ4n) is 1.10. The van der Waals surface area contributed by atoms with Crippen LogP contribution in [0.25, 0.3) is 0 Å². The Hall–Kier alpha value is -1.71. The third-order valence-corrected chi connectivity index (χ3v) is 1.76. The Bertz CT molecular complexity index is 336. The Morgan fingerprint density at radius 3 is 2.86 bits per heavy atom. The van der Waals surface area contributed by atoms with Crippen molar-refractivity contribution in [2.24, 2.45) is 0 Å². The number of hydrogen-bond donors (Lipinski definition) is 2. The van der Waals surface area contributed by atoms with Gasteiger partial charge < -0.3 is 15.2 Å². The van der Waals surface area contributed by atoms with Crippen molar-refractivity contribution in [1.82, 2.24) is 0 Å². The minimum Gasteiger partial charge on any atom is -0.480 e. The van der Waals surface area contributed by atoms with Gasteiger partial charge in [-0.1, -0.05) is 6.07 Å². The predicted octanol–water partition coefficient (Wildman–Crippen LogP) is 1.50. The number of nitrogens with one attached hydrogen (secondary N) is 1. The summed E-state index contributed by atoms with van der Waals surface area (Å²) in [7, 11) is 1.77. The maximum Gasteiger partial charge on any atom is 0.341 e. The molecule has 2 N–H and O–H groups in total. The van der Waals surface area contributed by atoms with Gasteiger partial charge in [-0.25, -0.2) is 4.79 Å². The molecule has 1 rings (SSSR count). The largest absolute Gasteiger partial charge is 0.480 e. The quantitative estimate of drug-likeness (QED) is 0.764. The van der Waals surface area contributed by atoms with Crippen LogP contribution in [0.5, 0.6) is 5.75 Å². The molecule has 0 aliphatic heterocycles. The van der Waals surface area contributed by atoms with E-state index in [0.717, 1.165) is 11.3 Å². The minimum atomic E-state index is -0.979. The molecule has 0 aliphatic carbocycles. The Kier molecular flexibility index (Phi) is 3.34. The highest BCUT2D eigenvalue weighted by molar-refractivity contribution is 5.69. The molecule has 0 spiro atoms. The number of rotatable bonds is 4. The van der Waals surface area contributed by atoms with Gasteiger partial charge >= 0.3 is 5.97 Å². The molecule has 4 heteroatoms. The molecule has 0 aromatic heterocycles. The van der Waals surface area contributed by atoms with Gasteiger partial charge in [-0.15, -0.1) is 0 Å². The zero-order chi connectivity index (χ0) is 10.6. The summed E-state index contributed by atoms with van der Waals surface area (Å²) in [6, 6.07) is 5.53. The second kappa shape index (κ2) is 4.50. The molecule has 1 aromatic carbocycles. The Morgan fingerprint density at radius 1 is 1.57 bits per heavy atom. The first kappa shape index (κ1) is 10.4. The first-order valence-corrected chi connectivity index (χ1v) is 4.26. The molecule has 0 saturated heterocycles. The number of aryl methyl sites for hydroxylation is 1. The average Bonchev–Trinajstić information content (AvgIpc) is 2.15. The van der Waals surface area contributed by atoms with Crippen LogP contribution >= 0.6 is 0 Å². The van der Waals surface area contributed by atoms with E-state index in [0.29, 0.717) is 5.75 Å². The van der Waals surface area contributed by atoms with Crippen LogP contribution in [-0.4, -0.2) is 24.7 Å². The van der Waals surface area contributed by atoms with E-state index in [1.807, 2.05) is 19.1 Å². The van der Waals surface area contributed by atoms with Gasteiger partial charge in [0, 0.05) is 7.05 Å². The molecule has 0 saturated carbocycles. The minimum absolute atomic E-state index is 0.322. The Morgan fingerprint density at radius 2 is 2.29 bits per heavy atom. The first-order chi connectivity index (χ1) is 6.63. The normalized spacial score (nSPS) is 9.57. The molecule has 1 aromatic rings. The lowest BCUT2D eigenvalue weighted by Gasteiger charge is -2.09. The lowest BCUT2D eigenvalue weighted by Crippen LogP contribution is -2.10. The van der Waals surface area contributed by atoms with E-state index in [2.05, 4.69) is 5.32 Å². The smallest absolute Gasteiger partial charge is 0.341 e. The molecule has 14 heavy (non-hydrogen) atoms. The number of anilines is 1. The number of benzene rings is 1. The molecule has 0 aliphatic rings. The zero-order valence-electron chi connectivity index (χ0n) is 8.20. The molecule has 0 amide bonds. The third-order valence-electron chi connectivity index (χ3n) is 1.76. The molecule has 0 heterocycles. The van der Waals surface area contributed by atoms with Crippen LogP contribution < -0.4 is 10.1 Å². The summed E-state index contributed by atoms with van der Waals surface area (Å²) in [5.41, 5.74) is 1.89. The second-order valence-corrected chi connectivity index (χ2v) is 2.93.